The van der Waals surface area contributed by atoms with E-state index in [4.69, 9.17) is 4.74 Å². The summed E-state index contributed by atoms with van der Waals surface area (Å²) in [5, 5.41) is 9.27. The number of anilines is 1. The molecule has 11 heteroatoms. The fraction of sp³-hybridized carbons (Fsp3) is 0.472. The van der Waals surface area contributed by atoms with Crippen molar-refractivity contribution in [3.8, 4) is 5.75 Å². The minimum atomic E-state index is -4.58. The van der Waals surface area contributed by atoms with Gasteiger partial charge in [-0.05, 0) is 80.1 Å². The number of halogens is 5. The molecule has 1 fully saturated rings. The summed E-state index contributed by atoms with van der Waals surface area (Å²) in [5.74, 6) is -2.17. The van der Waals surface area contributed by atoms with Crippen LogP contribution < -0.4 is 9.64 Å². The summed E-state index contributed by atoms with van der Waals surface area (Å²) in [7, 11) is 0. The molecule has 47 heavy (non-hydrogen) atoms. The lowest BCUT2D eigenvalue weighted by Gasteiger charge is -2.42. The predicted octanol–water partition coefficient (Wildman–Crippen LogP) is 7.60. The van der Waals surface area contributed by atoms with Gasteiger partial charge in [0.2, 0.25) is 0 Å². The molecule has 0 saturated carbocycles. The van der Waals surface area contributed by atoms with Gasteiger partial charge in [-0.3, -0.25) is 14.6 Å². The number of benzene rings is 3. The molecule has 1 unspecified atom stereocenters. The number of carboxylic acids is 1. The van der Waals surface area contributed by atoms with Gasteiger partial charge in [0.1, 0.15) is 24.0 Å². The summed E-state index contributed by atoms with van der Waals surface area (Å²) in [6.45, 7) is 2.81. The van der Waals surface area contributed by atoms with E-state index in [9.17, 15) is 23.1 Å². The molecule has 0 bridgehead atoms. The van der Waals surface area contributed by atoms with E-state index < -0.39 is 48.0 Å². The second kappa shape index (κ2) is 15.5. The third-order valence-corrected chi connectivity index (χ3v) is 9.05. The van der Waals surface area contributed by atoms with Crippen molar-refractivity contribution in [1.29, 1.82) is 0 Å². The lowest BCUT2D eigenvalue weighted by atomic mass is 9.84. The van der Waals surface area contributed by atoms with Crippen molar-refractivity contribution < 1.29 is 36.6 Å². The van der Waals surface area contributed by atoms with Gasteiger partial charge >= 0.3 is 12.1 Å². The molecule has 0 spiro atoms. The minimum absolute atomic E-state index is 0.0612. The number of hydrogen-bond donors (Lipinski definition) is 1. The van der Waals surface area contributed by atoms with Crippen LogP contribution in [0.3, 0.4) is 0 Å². The quantitative estimate of drug-likeness (QED) is 0.252. The number of fused-ring (bicyclic) bond motifs is 1. The Labute approximate surface area is 272 Å². The number of hydrogen-bond acceptors (Lipinski definition) is 5. The summed E-state index contributed by atoms with van der Waals surface area (Å²) in [6, 6.07) is 15.1. The fourth-order valence-electron chi connectivity index (χ4n) is 6.82. The van der Waals surface area contributed by atoms with Crippen LogP contribution in [-0.2, 0) is 17.8 Å². The molecular weight excluding hydrogens is 617 g/mol. The molecule has 0 amide bonds. The van der Waals surface area contributed by atoms with Crippen LogP contribution in [0, 0.1) is 11.6 Å². The van der Waals surface area contributed by atoms with Gasteiger partial charge < -0.3 is 14.7 Å². The van der Waals surface area contributed by atoms with Gasteiger partial charge in [-0.25, -0.2) is 8.78 Å². The Morgan fingerprint density at radius 3 is 2.23 bits per heavy atom. The Hall–Kier alpha value is -3.70. The molecule has 2 aliphatic rings. The maximum atomic E-state index is 16.2. The number of alkyl halides is 3. The summed E-state index contributed by atoms with van der Waals surface area (Å²) in [5.41, 5.74) is 1.97. The first-order chi connectivity index (χ1) is 22.5. The Bertz CT molecular complexity index is 1480. The summed E-state index contributed by atoms with van der Waals surface area (Å²) >= 11 is 0. The first-order valence-electron chi connectivity index (χ1n) is 16.3. The monoisotopic (exact) mass is 659 g/mol. The van der Waals surface area contributed by atoms with Gasteiger partial charge in [-0.15, -0.1) is 0 Å². The van der Waals surface area contributed by atoms with Crippen LogP contribution in [0.2, 0.25) is 0 Å². The highest BCUT2D eigenvalue weighted by Crippen LogP contribution is 2.43. The van der Waals surface area contributed by atoms with Crippen LogP contribution in [0.25, 0.3) is 0 Å². The van der Waals surface area contributed by atoms with Gasteiger partial charge in [-0.1, -0.05) is 49.2 Å². The Balaban J connectivity index is 1.45. The van der Waals surface area contributed by atoms with E-state index in [2.05, 4.69) is 0 Å². The molecule has 2 aliphatic heterocycles. The number of nitrogens with zero attached hydrogens (tertiary/aromatic N) is 3. The number of carbonyl (C=O) groups is 1. The van der Waals surface area contributed by atoms with Crippen LogP contribution in [0.4, 0.5) is 27.6 Å². The van der Waals surface area contributed by atoms with E-state index >= 15 is 8.78 Å². The number of rotatable bonds is 8. The van der Waals surface area contributed by atoms with Crippen molar-refractivity contribution in [2.45, 2.75) is 70.3 Å². The number of aliphatic carboxylic acids is 1. The van der Waals surface area contributed by atoms with Gasteiger partial charge in [0.25, 0.3) is 0 Å². The average molecular weight is 660 g/mol. The molecule has 0 radical (unpaired) electrons. The maximum Gasteiger partial charge on any atom is 0.401 e. The van der Waals surface area contributed by atoms with Gasteiger partial charge in [0.15, 0.2) is 0 Å². The molecule has 2 atom stereocenters. The molecule has 5 rings (SSSR count). The third-order valence-electron chi connectivity index (χ3n) is 9.05. The lowest BCUT2D eigenvalue weighted by molar-refractivity contribution is -0.155. The van der Waals surface area contributed by atoms with Crippen molar-refractivity contribution in [3.63, 3.8) is 0 Å². The molecule has 2 heterocycles. The highest BCUT2D eigenvalue weighted by molar-refractivity contribution is 5.69. The SMILES string of the molecule is C[C@@H]1Cc2cc(OCc3ccccc3)ccc2C(c2c(F)cc(N3CCCCCCN(CC(=O)O)CCC3)cc2F)N1CC(F)(F)F. The zero-order valence-corrected chi connectivity index (χ0v) is 26.6. The molecular formula is C36H42F5N3O3. The largest absolute Gasteiger partial charge is 0.489 e. The molecule has 6 nitrogen and oxygen atoms in total. The highest BCUT2D eigenvalue weighted by Gasteiger charge is 2.42. The van der Waals surface area contributed by atoms with Crippen molar-refractivity contribution in [2.24, 2.45) is 0 Å². The summed E-state index contributed by atoms with van der Waals surface area (Å²) < 4.78 is 80.0. The van der Waals surface area contributed by atoms with E-state index in [0.29, 0.717) is 61.8 Å². The van der Waals surface area contributed by atoms with E-state index in [1.165, 1.54) is 12.1 Å². The Kier molecular flexibility index (Phi) is 11.4. The predicted molar refractivity (Wildman–Crippen MR) is 171 cm³/mol. The van der Waals surface area contributed by atoms with E-state index in [0.717, 1.165) is 36.1 Å². The molecule has 1 saturated heterocycles. The maximum absolute atomic E-state index is 16.2. The molecule has 1 N–H and O–H groups in total. The standard InChI is InChI=1S/C36H42F5N3O3/c1-25-18-27-19-29(47-23-26-10-5-4-6-11-26)12-13-30(27)35(44(25)24-36(39,40)41)34-31(37)20-28(21-32(34)38)43-16-8-3-2-7-14-42(15-9-17-43)22-33(45)46/h4-6,10-13,19-21,25,35H,2-3,7-9,14-18,22-24H2,1H3,(H,45,46)/t25-,35?/m1/s1. The van der Waals surface area contributed by atoms with E-state index in [-0.39, 0.29) is 13.0 Å². The van der Waals surface area contributed by atoms with Crippen molar-refractivity contribution in [2.75, 3.05) is 44.2 Å². The summed E-state index contributed by atoms with van der Waals surface area (Å²) in [4.78, 5) is 16.2. The Morgan fingerprint density at radius 2 is 1.55 bits per heavy atom. The normalized spacial score (nSPS) is 20.3. The van der Waals surface area contributed by atoms with E-state index in [1.54, 1.807) is 25.1 Å². The Morgan fingerprint density at radius 1 is 0.894 bits per heavy atom. The minimum Gasteiger partial charge on any atom is -0.489 e. The molecule has 3 aromatic rings. The molecule has 0 aromatic heterocycles. The first kappa shape index (κ1) is 34.6. The lowest BCUT2D eigenvalue weighted by Crippen LogP contribution is -2.47. The van der Waals surface area contributed by atoms with Gasteiger partial charge in [0.05, 0.1) is 19.1 Å². The van der Waals surface area contributed by atoms with Crippen LogP contribution in [0.1, 0.15) is 67.3 Å². The zero-order chi connectivity index (χ0) is 33.6. The number of carboxylic acid groups (broad SMARTS) is 1. The first-order valence-corrected chi connectivity index (χ1v) is 16.3. The van der Waals surface area contributed by atoms with Gasteiger partial charge in [-0.2, -0.15) is 13.2 Å². The second-order valence-corrected chi connectivity index (χ2v) is 12.6. The zero-order valence-electron chi connectivity index (χ0n) is 26.6. The van der Waals surface area contributed by atoms with Crippen molar-refractivity contribution in [3.05, 3.63) is 94.6 Å². The van der Waals surface area contributed by atoms with Crippen molar-refractivity contribution >= 4 is 11.7 Å². The summed E-state index contributed by atoms with van der Waals surface area (Å²) in [6.07, 6.45) is -0.240. The number of ether oxygens (including phenoxy) is 1. The van der Waals surface area contributed by atoms with Crippen molar-refractivity contribution in [1.82, 2.24) is 9.80 Å². The van der Waals surface area contributed by atoms with Crippen LogP contribution in [0.5, 0.6) is 5.75 Å². The van der Waals surface area contributed by atoms with Crippen LogP contribution >= 0.6 is 0 Å². The third kappa shape index (κ3) is 9.22. The van der Waals surface area contributed by atoms with E-state index in [1.807, 2.05) is 40.1 Å². The van der Waals surface area contributed by atoms with Gasteiger partial charge in [0, 0.05) is 36.9 Å². The second-order valence-electron chi connectivity index (χ2n) is 12.6. The van der Waals surface area contributed by atoms with Crippen LogP contribution in [0.15, 0.2) is 60.7 Å². The molecule has 3 aromatic carbocycles. The van der Waals surface area contributed by atoms with Crippen LogP contribution in [-0.4, -0.2) is 72.4 Å². The fourth-order valence-corrected chi connectivity index (χ4v) is 6.82. The topological polar surface area (TPSA) is 56.3 Å². The highest BCUT2D eigenvalue weighted by atomic mass is 19.4. The smallest absolute Gasteiger partial charge is 0.401 e. The molecule has 254 valence electrons. The average Bonchev–Trinajstić information content (AvgIpc) is 3.06. The molecule has 0 aliphatic carbocycles.